The summed E-state index contributed by atoms with van der Waals surface area (Å²) in [5, 5.41) is 15.5. The lowest BCUT2D eigenvalue weighted by Crippen LogP contribution is -2.40. The Morgan fingerprint density at radius 2 is 2.05 bits per heavy atom. The highest BCUT2D eigenvalue weighted by Gasteiger charge is 2.22. The zero-order chi connectivity index (χ0) is 14.7. The lowest BCUT2D eigenvalue weighted by Gasteiger charge is -2.13. The molecule has 0 aliphatic rings. The summed E-state index contributed by atoms with van der Waals surface area (Å²) in [6.07, 6.45) is 5.34. The zero-order valence-corrected chi connectivity index (χ0v) is 11.3. The molecule has 0 radical (unpaired) electrons. The molecule has 1 atom stereocenters. The lowest BCUT2D eigenvalue weighted by molar-refractivity contribution is -0.139. The number of carboxylic acid groups (broad SMARTS) is 1. The van der Waals surface area contributed by atoms with Gasteiger partial charge in [-0.15, -0.1) is 0 Å². The molecule has 2 N–H and O–H groups in total. The Labute approximate surface area is 115 Å². The number of hydrogen-bond acceptors (Lipinski definition) is 3. The largest absolute Gasteiger partial charge is 0.480 e. The van der Waals surface area contributed by atoms with E-state index in [9.17, 15) is 9.59 Å². The van der Waals surface area contributed by atoms with Crippen LogP contribution in [0.5, 0.6) is 0 Å². The molecule has 2 aromatic heterocycles. The van der Waals surface area contributed by atoms with Crippen molar-refractivity contribution in [1.29, 1.82) is 0 Å². The van der Waals surface area contributed by atoms with E-state index in [4.69, 9.17) is 5.11 Å². The van der Waals surface area contributed by atoms with E-state index in [0.29, 0.717) is 17.8 Å². The number of carbonyl (C=O) groups excluding carboxylic acids is 1. The summed E-state index contributed by atoms with van der Waals surface area (Å²) in [5.74, 6) is -0.906. The van der Waals surface area contributed by atoms with Crippen molar-refractivity contribution < 1.29 is 14.7 Å². The molecule has 0 aliphatic heterocycles. The maximum atomic E-state index is 12.2. The number of aromatic nitrogens is 3. The Bertz CT molecular complexity index is 616. The number of carboxylic acids is 1. The average Bonchev–Trinajstić information content (AvgIpc) is 3.03. The topological polar surface area (TPSA) is 89.2 Å². The molecule has 1 amide bonds. The second-order valence-corrected chi connectivity index (χ2v) is 4.37. The van der Waals surface area contributed by atoms with Crippen LogP contribution in [-0.2, 0) is 11.8 Å². The van der Waals surface area contributed by atoms with Crippen LogP contribution in [0.4, 0.5) is 0 Å². The van der Waals surface area contributed by atoms with Gasteiger partial charge < -0.3 is 15.0 Å². The molecule has 2 aromatic rings. The van der Waals surface area contributed by atoms with E-state index in [0.717, 1.165) is 0 Å². The van der Waals surface area contributed by atoms with Crippen LogP contribution in [0.15, 0.2) is 30.7 Å². The first-order chi connectivity index (χ1) is 9.54. The zero-order valence-electron chi connectivity index (χ0n) is 11.3. The second-order valence-electron chi connectivity index (χ2n) is 4.37. The van der Waals surface area contributed by atoms with E-state index in [1.54, 1.807) is 35.6 Å². The van der Waals surface area contributed by atoms with Gasteiger partial charge in [0.25, 0.3) is 5.91 Å². The molecule has 0 unspecified atom stereocenters. The third kappa shape index (κ3) is 2.56. The Hall–Kier alpha value is -2.57. The van der Waals surface area contributed by atoms with Crippen LogP contribution in [0.25, 0.3) is 5.82 Å². The van der Waals surface area contributed by atoms with Crippen LogP contribution in [0, 0.1) is 0 Å². The number of nitrogens with one attached hydrogen (secondary N) is 1. The van der Waals surface area contributed by atoms with Gasteiger partial charge in [0.1, 0.15) is 17.4 Å². The van der Waals surface area contributed by atoms with Gasteiger partial charge in [0.05, 0.1) is 6.20 Å². The van der Waals surface area contributed by atoms with Gasteiger partial charge in [-0.05, 0) is 18.6 Å². The summed E-state index contributed by atoms with van der Waals surface area (Å²) in [7, 11) is 1.72. The van der Waals surface area contributed by atoms with Crippen molar-refractivity contribution in [2.24, 2.45) is 7.05 Å². The summed E-state index contributed by atoms with van der Waals surface area (Å²) in [6.45, 7) is 1.70. The number of amides is 1. The monoisotopic (exact) mass is 276 g/mol. The molecule has 7 nitrogen and oxygen atoms in total. The number of carbonyl (C=O) groups is 2. The molecule has 0 saturated carbocycles. The first-order valence-corrected chi connectivity index (χ1v) is 6.23. The number of aliphatic carboxylic acids is 1. The van der Waals surface area contributed by atoms with Gasteiger partial charge in [-0.3, -0.25) is 9.48 Å². The molecule has 20 heavy (non-hydrogen) atoms. The van der Waals surface area contributed by atoms with Crippen molar-refractivity contribution in [3.63, 3.8) is 0 Å². The predicted octanol–water partition coefficient (Wildman–Crippen LogP) is 0.804. The van der Waals surface area contributed by atoms with Crippen molar-refractivity contribution in [3.05, 3.63) is 36.3 Å². The Morgan fingerprint density at radius 3 is 2.60 bits per heavy atom. The van der Waals surface area contributed by atoms with Gasteiger partial charge in [0.2, 0.25) is 0 Å². The fraction of sp³-hybridized carbons (Fsp3) is 0.308. The second kappa shape index (κ2) is 5.60. The summed E-state index contributed by atoms with van der Waals surface area (Å²) in [4.78, 5) is 23.2. The van der Waals surface area contributed by atoms with Crippen molar-refractivity contribution in [2.75, 3.05) is 0 Å². The molecule has 106 valence electrons. The first kappa shape index (κ1) is 13.9. The summed E-state index contributed by atoms with van der Waals surface area (Å²) in [6, 6.07) is 2.77. The van der Waals surface area contributed by atoms with Crippen molar-refractivity contribution >= 4 is 11.9 Å². The van der Waals surface area contributed by atoms with E-state index < -0.39 is 17.9 Å². The molecule has 0 saturated heterocycles. The molecule has 0 fully saturated rings. The standard InChI is InChI=1S/C13H16N4O3/c1-3-10(13(19)20)15-11(18)9-8-14-16(2)12(9)17-6-4-5-7-17/h4-8,10H,3H2,1-2H3,(H,15,18)(H,19,20)/t10-/m0/s1. The van der Waals surface area contributed by atoms with Gasteiger partial charge in [-0.1, -0.05) is 6.92 Å². The van der Waals surface area contributed by atoms with E-state index in [1.165, 1.54) is 6.20 Å². The average molecular weight is 276 g/mol. The van der Waals surface area contributed by atoms with Crippen molar-refractivity contribution in [3.8, 4) is 5.82 Å². The number of rotatable bonds is 5. The summed E-state index contributed by atoms with van der Waals surface area (Å²) >= 11 is 0. The van der Waals surface area contributed by atoms with Gasteiger partial charge in [0, 0.05) is 19.4 Å². The van der Waals surface area contributed by atoms with Crippen molar-refractivity contribution in [2.45, 2.75) is 19.4 Å². The highest BCUT2D eigenvalue weighted by molar-refractivity contribution is 5.99. The molecule has 2 heterocycles. The van der Waals surface area contributed by atoms with Gasteiger partial charge >= 0.3 is 5.97 Å². The molecule has 0 aliphatic carbocycles. The Balaban J connectivity index is 2.30. The molecule has 0 spiro atoms. The summed E-state index contributed by atoms with van der Waals surface area (Å²) in [5.41, 5.74) is 0.336. The van der Waals surface area contributed by atoms with Crippen LogP contribution < -0.4 is 5.32 Å². The molecule has 2 rings (SSSR count). The fourth-order valence-electron chi connectivity index (χ4n) is 1.95. The number of hydrogen-bond donors (Lipinski definition) is 2. The minimum absolute atomic E-state index is 0.320. The van der Waals surface area contributed by atoms with Crippen LogP contribution in [0.3, 0.4) is 0 Å². The predicted molar refractivity (Wildman–Crippen MR) is 71.7 cm³/mol. The Morgan fingerprint density at radius 1 is 1.40 bits per heavy atom. The molecule has 0 aromatic carbocycles. The highest BCUT2D eigenvalue weighted by atomic mass is 16.4. The van der Waals surface area contributed by atoms with E-state index >= 15 is 0 Å². The quantitative estimate of drug-likeness (QED) is 0.845. The molecule has 0 bridgehead atoms. The fourth-order valence-corrected chi connectivity index (χ4v) is 1.95. The van der Waals surface area contributed by atoms with Gasteiger partial charge in [-0.25, -0.2) is 4.79 Å². The Kier molecular flexibility index (Phi) is 3.88. The smallest absolute Gasteiger partial charge is 0.326 e. The van der Waals surface area contributed by atoms with E-state index in [-0.39, 0.29) is 0 Å². The first-order valence-electron chi connectivity index (χ1n) is 6.23. The number of nitrogens with zero attached hydrogens (tertiary/aromatic N) is 3. The normalized spacial score (nSPS) is 12.1. The molecular formula is C13H16N4O3. The van der Waals surface area contributed by atoms with E-state index in [1.807, 2.05) is 12.1 Å². The lowest BCUT2D eigenvalue weighted by atomic mass is 10.2. The van der Waals surface area contributed by atoms with E-state index in [2.05, 4.69) is 10.4 Å². The third-order valence-corrected chi connectivity index (χ3v) is 3.01. The maximum absolute atomic E-state index is 12.2. The third-order valence-electron chi connectivity index (χ3n) is 3.01. The summed E-state index contributed by atoms with van der Waals surface area (Å²) < 4.78 is 3.32. The van der Waals surface area contributed by atoms with Crippen LogP contribution in [-0.4, -0.2) is 37.4 Å². The molecule has 7 heteroatoms. The van der Waals surface area contributed by atoms with Crippen LogP contribution >= 0.6 is 0 Å². The minimum atomic E-state index is -1.05. The maximum Gasteiger partial charge on any atom is 0.326 e. The molecular weight excluding hydrogens is 260 g/mol. The van der Waals surface area contributed by atoms with Gasteiger partial charge in [0.15, 0.2) is 0 Å². The SMILES string of the molecule is CC[C@H](NC(=O)c1cnn(C)c1-n1cccc1)C(=O)O. The minimum Gasteiger partial charge on any atom is -0.480 e. The highest BCUT2D eigenvalue weighted by Crippen LogP contribution is 2.14. The van der Waals surface area contributed by atoms with Gasteiger partial charge in [-0.2, -0.15) is 5.10 Å². The van der Waals surface area contributed by atoms with Crippen LogP contribution in [0.1, 0.15) is 23.7 Å². The number of aryl methyl sites for hydroxylation is 1. The van der Waals surface area contributed by atoms with Crippen molar-refractivity contribution in [1.82, 2.24) is 19.7 Å². The van der Waals surface area contributed by atoms with Crippen LogP contribution in [0.2, 0.25) is 0 Å².